The van der Waals surface area contributed by atoms with Crippen LogP contribution in [0.5, 0.6) is 5.75 Å². The maximum Gasteiger partial charge on any atom is 0.119 e. The van der Waals surface area contributed by atoms with E-state index in [9.17, 15) is 0 Å². The van der Waals surface area contributed by atoms with Crippen LogP contribution in [0.4, 0.5) is 0 Å². The van der Waals surface area contributed by atoms with Crippen LogP contribution < -0.4 is 4.74 Å². The number of ether oxygens (including phenoxy) is 3. The highest BCUT2D eigenvalue weighted by atomic mass is 16.5. The van der Waals surface area contributed by atoms with E-state index in [4.69, 9.17) is 14.2 Å². The van der Waals surface area contributed by atoms with E-state index in [1.54, 1.807) is 7.11 Å². The first-order valence-corrected chi connectivity index (χ1v) is 8.79. The summed E-state index contributed by atoms with van der Waals surface area (Å²) in [5.41, 5.74) is 3.09. The Labute approximate surface area is 138 Å². The molecule has 0 amide bonds. The predicted molar refractivity (Wildman–Crippen MR) is 89.1 cm³/mol. The number of hydrogen-bond acceptors (Lipinski definition) is 4. The van der Waals surface area contributed by atoms with Gasteiger partial charge < -0.3 is 14.2 Å². The average Bonchev–Trinajstić information content (AvgIpc) is 3.23. The Morgan fingerprint density at radius 2 is 2.04 bits per heavy atom. The van der Waals surface area contributed by atoms with Crippen molar-refractivity contribution in [2.75, 3.05) is 40.5 Å². The third kappa shape index (κ3) is 2.57. The maximum atomic E-state index is 5.79. The van der Waals surface area contributed by atoms with Crippen molar-refractivity contribution in [3.05, 3.63) is 29.3 Å². The van der Waals surface area contributed by atoms with Gasteiger partial charge in [-0.3, -0.25) is 4.90 Å². The zero-order valence-corrected chi connectivity index (χ0v) is 14.2. The molecule has 0 radical (unpaired) electrons. The van der Waals surface area contributed by atoms with Gasteiger partial charge in [0.15, 0.2) is 0 Å². The molecule has 2 heterocycles. The number of benzene rings is 1. The molecular weight excluding hydrogens is 290 g/mol. The molecule has 1 aromatic carbocycles. The number of piperidine rings is 1. The summed E-state index contributed by atoms with van der Waals surface area (Å²) in [5, 5.41) is 0. The molecule has 1 spiro atoms. The quantitative estimate of drug-likeness (QED) is 0.858. The molecule has 3 aliphatic rings. The fraction of sp³-hybridized carbons (Fsp3) is 0.684. The van der Waals surface area contributed by atoms with E-state index in [1.807, 2.05) is 7.11 Å². The zero-order valence-electron chi connectivity index (χ0n) is 14.2. The fourth-order valence-corrected chi connectivity index (χ4v) is 4.79. The van der Waals surface area contributed by atoms with Crippen molar-refractivity contribution in [2.45, 2.75) is 43.2 Å². The lowest BCUT2D eigenvalue weighted by Crippen LogP contribution is -2.46. The van der Waals surface area contributed by atoms with Crippen LogP contribution in [0.1, 0.15) is 42.9 Å². The van der Waals surface area contributed by atoms with E-state index in [0.29, 0.717) is 6.04 Å². The second-order valence-corrected chi connectivity index (χ2v) is 7.22. The van der Waals surface area contributed by atoms with Gasteiger partial charge in [0.25, 0.3) is 0 Å². The molecule has 2 saturated heterocycles. The first kappa shape index (κ1) is 15.4. The lowest BCUT2D eigenvalue weighted by Gasteiger charge is -2.42. The van der Waals surface area contributed by atoms with Gasteiger partial charge in [-0.05, 0) is 62.0 Å². The lowest BCUT2D eigenvalue weighted by molar-refractivity contribution is 0.0575. The van der Waals surface area contributed by atoms with Gasteiger partial charge in [0, 0.05) is 25.2 Å². The van der Waals surface area contributed by atoms with E-state index < -0.39 is 0 Å². The molecule has 4 nitrogen and oxygen atoms in total. The van der Waals surface area contributed by atoms with Gasteiger partial charge in [0.1, 0.15) is 5.75 Å². The standard InChI is InChI=1S/C19H27NO3/c1-21-15-3-4-16-17(11-15)19(12-18(16)22-2)6-8-20(9-7-19)14-5-10-23-13-14/h3-4,11,14,18H,5-10,12-13H2,1-2H3/t14-,18+/m0/s1. The molecule has 0 unspecified atom stereocenters. The van der Waals surface area contributed by atoms with Crippen LogP contribution in [0.15, 0.2) is 18.2 Å². The molecule has 1 aromatic rings. The highest BCUT2D eigenvalue weighted by Crippen LogP contribution is 2.52. The van der Waals surface area contributed by atoms with E-state index in [0.717, 1.165) is 25.4 Å². The Morgan fingerprint density at radius 3 is 2.70 bits per heavy atom. The fourth-order valence-electron chi connectivity index (χ4n) is 4.79. The first-order chi connectivity index (χ1) is 11.3. The molecule has 4 rings (SSSR count). The van der Waals surface area contributed by atoms with Gasteiger partial charge >= 0.3 is 0 Å². The Morgan fingerprint density at radius 1 is 1.22 bits per heavy atom. The number of rotatable bonds is 3. The molecule has 2 atom stereocenters. The number of nitrogens with zero attached hydrogens (tertiary/aromatic N) is 1. The summed E-state index contributed by atoms with van der Waals surface area (Å²) in [6.45, 7) is 4.18. The first-order valence-electron chi connectivity index (χ1n) is 8.79. The van der Waals surface area contributed by atoms with Gasteiger partial charge in [0.05, 0.1) is 19.8 Å². The third-order valence-electron chi connectivity index (χ3n) is 6.22. The summed E-state index contributed by atoms with van der Waals surface area (Å²) in [5.74, 6) is 0.964. The molecule has 0 N–H and O–H groups in total. The highest BCUT2D eigenvalue weighted by Gasteiger charge is 2.46. The van der Waals surface area contributed by atoms with Crippen LogP contribution in [0, 0.1) is 0 Å². The lowest BCUT2D eigenvalue weighted by atomic mass is 9.73. The molecule has 2 aliphatic heterocycles. The minimum absolute atomic E-state index is 0.234. The van der Waals surface area contributed by atoms with Crippen LogP contribution >= 0.6 is 0 Å². The summed E-state index contributed by atoms with van der Waals surface area (Å²) in [7, 11) is 3.59. The minimum Gasteiger partial charge on any atom is -0.497 e. The molecule has 0 aromatic heterocycles. The second-order valence-electron chi connectivity index (χ2n) is 7.22. The third-order valence-corrected chi connectivity index (χ3v) is 6.22. The molecule has 0 bridgehead atoms. The maximum absolute atomic E-state index is 5.79. The molecule has 4 heteroatoms. The van der Waals surface area contributed by atoms with Crippen LogP contribution in [-0.4, -0.2) is 51.5 Å². The van der Waals surface area contributed by atoms with Crippen molar-refractivity contribution in [3.8, 4) is 5.75 Å². The summed E-state index contributed by atoms with van der Waals surface area (Å²) in [6, 6.07) is 7.16. The van der Waals surface area contributed by atoms with Crippen molar-refractivity contribution in [2.24, 2.45) is 0 Å². The zero-order chi connectivity index (χ0) is 15.9. The van der Waals surface area contributed by atoms with Gasteiger partial charge in [-0.25, -0.2) is 0 Å². The summed E-state index contributed by atoms with van der Waals surface area (Å²) < 4.78 is 16.8. The van der Waals surface area contributed by atoms with Gasteiger partial charge in [-0.1, -0.05) is 6.07 Å². The monoisotopic (exact) mass is 317 g/mol. The minimum atomic E-state index is 0.234. The molecule has 0 saturated carbocycles. The Balaban J connectivity index is 1.58. The van der Waals surface area contributed by atoms with E-state index >= 15 is 0 Å². The van der Waals surface area contributed by atoms with Gasteiger partial charge in [0.2, 0.25) is 0 Å². The summed E-state index contributed by atoms with van der Waals surface area (Å²) in [4.78, 5) is 2.64. The number of fused-ring (bicyclic) bond motifs is 2. The smallest absolute Gasteiger partial charge is 0.119 e. The van der Waals surface area contributed by atoms with E-state index in [1.165, 1.54) is 43.5 Å². The molecular formula is C19H27NO3. The molecule has 126 valence electrons. The van der Waals surface area contributed by atoms with Crippen molar-refractivity contribution in [1.29, 1.82) is 0 Å². The van der Waals surface area contributed by atoms with Crippen molar-refractivity contribution >= 4 is 0 Å². The normalized spacial score (nSPS) is 29.8. The van der Waals surface area contributed by atoms with Crippen molar-refractivity contribution < 1.29 is 14.2 Å². The van der Waals surface area contributed by atoms with E-state index in [2.05, 4.69) is 23.1 Å². The topological polar surface area (TPSA) is 30.9 Å². The van der Waals surface area contributed by atoms with Gasteiger partial charge in [-0.15, -0.1) is 0 Å². The second kappa shape index (κ2) is 6.08. The van der Waals surface area contributed by atoms with Gasteiger partial charge in [-0.2, -0.15) is 0 Å². The van der Waals surface area contributed by atoms with Crippen molar-refractivity contribution in [3.63, 3.8) is 0 Å². The number of likely N-dealkylation sites (tertiary alicyclic amines) is 1. The average molecular weight is 317 g/mol. The predicted octanol–water partition coefficient (Wildman–Crippen LogP) is 2.91. The van der Waals surface area contributed by atoms with Crippen LogP contribution in [-0.2, 0) is 14.9 Å². The highest BCUT2D eigenvalue weighted by molar-refractivity contribution is 5.46. The Kier molecular flexibility index (Phi) is 4.08. The number of methoxy groups -OCH3 is 2. The van der Waals surface area contributed by atoms with Crippen molar-refractivity contribution in [1.82, 2.24) is 4.90 Å². The summed E-state index contributed by atoms with van der Waals surface area (Å²) >= 11 is 0. The number of hydrogen-bond donors (Lipinski definition) is 0. The van der Waals surface area contributed by atoms with Crippen LogP contribution in [0.2, 0.25) is 0 Å². The summed E-state index contributed by atoms with van der Waals surface area (Å²) in [6.07, 6.45) is 4.96. The largest absolute Gasteiger partial charge is 0.497 e. The Bertz CT molecular complexity index is 560. The van der Waals surface area contributed by atoms with Crippen LogP contribution in [0.25, 0.3) is 0 Å². The Hall–Kier alpha value is -1.10. The molecule has 23 heavy (non-hydrogen) atoms. The van der Waals surface area contributed by atoms with E-state index in [-0.39, 0.29) is 11.5 Å². The molecule has 2 fully saturated rings. The SMILES string of the molecule is COc1ccc2c(c1)C1(CCN([C@H]3CCOC3)CC1)C[C@H]2OC. The van der Waals surface area contributed by atoms with Crippen LogP contribution in [0.3, 0.4) is 0 Å². The molecule has 1 aliphatic carbocycles.